The molecule has 1 fully saturated rings. The zero-order chi connectivity index (χ0) is 11.1. The molecule has 1 aliphatic heterocycles. The molecule has 0 aliphatic carbocycles. The maximum absolute atomic E-state index is 11.5. The van der Waals surface area contributed by atoms with Crippen LogP contribution in [0.5, 0.6) is 0 Å². The minimum atomic E-state index is -0.844. The molecule has 0 amide bonds. The summed E-state index contributed by atoms with van der Waals surface area (Å²) < 4.78 is 10.3. The maximum Gasteiger partial charge on any atom is 0.341 e. The van der Waals surface area contributed by atoms with E-state index < -0.39 is 11.2 Å². The summed E-state index contributed by atoms with van der Waals surface area (Å²) in [6.07, 6.45) is 0. The third kappa shape index (κ3) is 1.27. The normalized spacial score (nSPS) is 33.5. The van der Waals surface area contributed by atoms with E-state index in [1.54, 1.807) is 6.92 Å². The molecule has 80 valence electrons. The van der Waals surface area contributed by atoms with Gasteiger partial charge in [-0.15, -0.1) is 0 Å². The lowest BCUT2D eigenvalue weighted by Gasteiger charge is -2.10. The zero-order valence-electron chi connectivity index (χ0n) is 9.11. The van der Waals surface area contributed by atoms with E-state index in [-0.39, 0.29) is 5.97 Å². The molecule has 0 radical (unpaired) electrons. The number of carbonyl (C=O) groups excluding carboxylic acids is 1. The van der Waals surface area contributed by atoms with Crippen molar-refractivity contribution in [2.24, 2.45) is 0 Å². The van der Waals surface area contributed by atoms with Crippen LogP contribution in [0.4, 0.5) is 0 Å². The molecule has 1 aromatic carbocycles. The molecule has 0 N–H and O–H groups in total. The molecule has 2 atom stereocenters. The second-order valence-electron chi connectivity index (χ2n) is 4.03. The lowest BCUT2D eigenvalue weighted by atomic mass is 9.89. The SMILES string of the molecule is COC(=O)[C@]1(C)O[C@@]1(C)c1ccccc1. The number of epoxide rings is 1. The first kappa shape index (κ1) is 10.2. The van der Waals surface area contributed by atoms with E-state index in [4.69, 9.17) is 9.47 Å². The molecule has 0 aromatic heterocycles. The highest BCUT2D eigenvalue weighted by molar-refractivity contribution is 5.84. The fourth-order valence-electron chi connectivity index (χ4n) is 1.90. The molecule has 1 aromatic rings. The van der Waals surface area contributed by atoms with Crippen molar-refractivity contribution in [2.75, 3.05) is 7.11 Å². The van der Waals surface area contributed by atoms with Gasteiger partial charge in [0.25, 0.3) is 0 Å². The summed E-state index contributed by atoms with van der Waals surface area (Å²) in [5.41, 5.74) is -0.400. The predicted octanol–water partition coefficient (Wildman–Crippen LogP) is 1.86. The van der Waals surface area contributed by atoms with Gasteiger partial charge in [0.1, 0.15) is 5.60 Å². The molecule has 0 bridgehead atoms. The van der Waals surface area contributed by atoms with Crippen LogP contribution in [0, 0.1) is 0 Å². The molecule has 3 nitrogen and oxygen atoms in total. The minimum Gasteiger partial charge on any atom is -0.467 e. The summed E-state index contributed by atoms with van der Waals surface area (Å²) in [7, 11) is 1.38. The van der Waals surface area contributed by atoms with Crippen LogP contribution in [0.25, 0.3) is 0 Å². The van der Waals surface area contributed by atoms with Crippen molar-refractivity contribution in [2.45, 2.75) is 25.0 Å². The van der Waals surface area contributed by atoms with E-state index >= 15 is 0 Å². The van der Waals surface area contributed by atoms with E-state index in [1.165, 1.54) is 7.11 Å². The minimum absolute atomic E-state index is 0.325. The molecule has 2 rings (SSSR count). The van der Waals surface area contributed by atoms with Gasteiger partial charge in [0.05, 0.1) is 7.11 Å². The van der Waals surface area contributed by atoms with Gasteiger partial charge in [0, 0.05) is 0 Å². The highest BCUT2D eigenvalue weighted by Gasteiger charge is 2.70. The Balaban J connectivity index is 2.31. The first-order valence-electron chi connectivity index (χ1n) is 4.89. The molecular formula is C12H14O3. The Hall–Kier alpha value is -1.35. The topological polar surface area (TPSA) is 38.8 Å². The Morgan fingerprint density at radius 1 is 1.27 bits per heavy atom. The van der Waals surface area contributed by atoms with Crippen LogP contribution in [0.1, 0.15) is 19.4 Å². The quantitative estimate of drug-likeness (QED) is 0.547. The molecule has 0 saturated carbocycles. The van der Waals surface area contributed by atoms with Crippen molar-refractivity contribution in [3.8, 4) is 0 Å². The van der Waals surface area contributed by atoms with E-state index in [2.05, 4.69) is 0 Å². The Morgan fingerprint density at radius 2 is 1.87 bits per heavy atom. The molecule has 0 spiro atoms. The number of benzene rings is 1. The van der Waals surface area contributed by atoms with Crippen molar-refractivity contribution in [3.63, 3.8) is 0 Å². The lowest BCUT2D eigenvalue weighted by Crippen LogP contribution is -2.29. The monoisotopic (exact) mass is 206 g/mol. The van der Waals surface area contributed by atoms with Gasteiger partial charge in [-0.3, -0.25) is 0 Å². The lowest BCUT2D eigenvalue weighted by molar-refractivity contribution is -0.146. The number of carbonyl (C=O) groups is 1. The average molecular weight is 206 g/mol. The molecular weight excluding hydrogens is 192 g/mol. The van der Waals surface area contributed by atoms with Gasteiger partial charge in [-0.2, -0.15) is 0 Å². The van der Waals surface area contributed by atoms with Crippen LogP contribution >= 0.6 is 0 Å². The van der Waals surface area contributed by atoms with Crippen LogP contribution in [-0.4, -0.2) is 18.7 Å². The van der Waals surface area contributed by atoms with Gasteiger partial charge >= 0.3 is 5.97 Å². The fraction of sp³-hybridized carbons (Fsp3) is 0.417. The zero-order valence-corrected chi connectivity index (χ0v) is 9.11. The Kier molecular flexibility index (Phi) is 2.08. The van der Waals surface area contributed by atoms with Crippen LogP contribution in [0.15, 0.2) is 30.3 Å². The van der Waals surface area contributed by atoms with Crippen molar-refractivity contribution in [1.29, 1.82) is 0 Å². The summed E-state index contributed by atoms with van der Waals surface area (Å²) in [5.74, 6) is -0.325. The average Bonchev–Trinajstić information content (AvgIpc) is 2.85. The van der Waals surface area contributed by atoms with Gasteiger partial charge in [-0.05, 0) is 19.4 Å². The molecule has 1 saturated heterocycles. The molecule has 1 aliphatic rings. The number of hydrogen-bond donors (Lipinski definition) is 0. The van der Waals surface area contributed by atoms with Gasteiger partial charge in [0.2, 0.25) is 0 Å². The molecule has 0 unspecified atom stereocenters. The van der Waals surface area contributed by atoms with E-state index in [0.29, 0.717) is 0 Å². The van der Waals surface area contributed by atoms with E-state index in [0.717, 1.165) is 5.56 Å². The summed E-state index contributed by atoms with van der Waals surface area (Å²) in [4.78, 5) is 11.5. The predicted molar refractivity (Wildman–Crippen MR) is 55.3 cm³/mol. The van der Waals surface area contributed by atoms with Gasteiger partial charge in [0.15, 0.2) is 5.60 Å². The first-order chi connectivity index (χ1) is 7.04. The summed E-state index contributed by atoms with van der Waals surface area (Å²) in [5, 5.41) is 0. The summed E-state index contributed by atoms with van der Waals surface area (Å²) in [6.45, 7) is 3.66. The number of ether oxygens (including phenoxy) is 2. The smallest absolute Gasteiger partial charge is 0.341 e. The summed E-state index contributed by atoms with van der Waals surface area (Å²) in [6, 6.07) is 9.70. The highest BCUT2D eigenvalue weighted by Crippen LogP contribution is 2.55. The van der Waals surface area contributed by atoms with Crippen LogP contribution in [0.3, 0.4) is 0 Å². The number of esters is 1. The van der Waals surface area contributed by atoms with Crippen molar-refractivity contribution >= 4 is 5.97 Å². The van der Waals surface area contributed by atoms with Gasteiger partial charge in [-0.25, -0.2) is 4.79 Å². The van der Waals surface area contributed by atoms with Gasteiger partial charge < -0.3 is 9.47 Å². The standard InChI is InChI=1S/C12H14O3/c1-11(9-7-5-4-6-8-9)12(2,15-11)10(13)14-3/h4-8H,1-3H3/t11-,12-/m0/s1. The third-order valence-corrected chi connectivity index (χ3v) is 3.18. The van der Waals surface area contributed by atoms with Crippen LogP contribution in [-0.2, 0) is 19.9 Å². The molecule has 15 heavy (non-hydrogen) atoms. The van der Waals surface area contributed by atoms with Gasteiger partial charge in [-0.1, -0.05) is 30.3 Å². The van der Waals surface area contributed by atoms with E-state index in [1.807, 2.05) is 37.3 Å². The van der Waals surface area contributed by atoms with Crippen molar-refractivity contribution in [3.05, 3.63) is 35.9 Å². The maximum atomic E-state index is 11.5. The molecule has 1 heterocycles. The highest BCUT2D eigenvalue weighted by atomic mass is 16.7. The largest absolute Gasteiger partial charge is 0.467 e. The van der Waals surface area contributed by atoms with E-state index in [9.17, 15) is 4.79 Å². The van der Waals surface area contributed by atoms with Crippen molar-refractivity contribution in [1.82, 2.24) is 0 Å². The fourth-order valence-corrected chi connectivity index (χ4v) is 1.90. The number of hydrogen-bond acceptors (Lipinski definition) is 3. The Morgan fingerprint density at radius 3 is 2.40 bits per heavy atom. The Bertz CT molecular complexity index is 387. The van der Waals surface area contributed by atoms with Crippen LogP contribution < -0.4 is 0 Å². The first-order valence-corrected chi connectivity index (χ1v) is 4.89. The Labute approximate surface area is 89.0 Å². The van der Waals surface area contributed by atoms with Crippen molar-refractivity contribution < 1.29 is 14.3 Å². The number of rotatable bonds is 2. The second kappa shape index (κ2) is 3.07. The second-order valence-corrected chi connectivity index (χ2v) is 4.03. The van der Waals surface area contributed by atoms with Crippen LogP contribution in [0.2, 0.25) is 0 Å². The molecule has 3 heteroatoms. The third-order valence-electron chi connectivity index (χ3n) is 3.18. The summed E-state index contributed by atoms with van der Waals surface area (Å²) >= 11 is 0. The number of methoxy groups -OCH3 is 1.